The Hall–Kier alpha value is -1.75. The highest BCUT2D eigenvalue weighted by molar-refractivity contribution is 8.18. The molecular weight excluding hydrogens is 284 g/mol. The quantitative estimate of drug-likeness (QED) is 0.809. The summed E-state index contributed by atoms with van der Waals surface area (Å²) in [6.07, 6.45) is 6.64. The van der Waals surface area contributed by atoms with Gasteiger partial charge in [0.15, 0.2) is 5.17 Å². The number of phenols is 1. The minimum atomic E-state index is -0.178. The molecule has 1 N–H and O–H groups in total. The number of aliphatic imine (C=N–C) groups is 1. The van der Waals surface area contributed by atoms with Gasteiger partial charge in [-0.15, -0.1) is 0 Å². The number of carbonyl (C=O) groups excluding carboxylic acids is 1. The number of aromatic hydroxyl groups is 1. The van der Waals surface area contributed by atoms with E-state index in [1.54, 1.807) is 24.3 Å². The third-order valence-electron chi connectivity index (χ3n) is 3.65. The fourth-order valence-corrected chi connectivity index (χ4v) is 3.53. The minimum absolute atomic E-state index is 0.178. The van der Waals surface area contributed by atoms with E-state index in [1.807, 2.05) is 6.07 Å². The number of rotatable bonds is 1. The van der Waals surface area contributed by atoms with Crippen LogP contribution in [0.3, 0.4) is 0 Å². The zero-order chi connectivity index (χ0) is 14.7. The Morgan fingerprint density at radius 1 is 1.19 bits per heavy atom. The maximum atomic E-state index is 12.0. The lowest BCUT2D eigenvalue weighted by molar-refractivity contribution is -0.113. The van der Waals surface area contributed by atoms with Gasteiger partial charge in [0.25, 0.3) is 5.91 Å². The highest BCUT2D eigenvalue weighted by atomic mass is 32.2. The molecule has 2 aliphatic heterocycles. The zero-order valence-electron chi connectivity index (χ0n) is 11.8. The number of nitrogens with zero attached hydrogens (tertiary/aromatic N) is 2. The molecule has 0 bridgehead atoms. The van der Waals surface area contributed by atoms with Crippen LogP contribution in [0.1, 0.15) is 31.2 Å². The predicted molar refractivity (Wildman–Crippen MR) is 86.2 cm³/mol. The molecule has 1 saturated heterocycles. The molecule has 2 aliphatic rings. The Morgan fingerprint density at radius 2 is 1.95 bits per heavy atom. The maximum Gasteiger partial charge on any atom is 0.286 e. The van der Waals surface area contributed by atoms with Crippen molar-refractivity contribution in [2.24, 2.45) is 4.99 Å². The van der Waals surface area contributed by atoms with E-state index in [0.29, 0.717) is 4.91 Å². The average molecular weight is 302 g/mol. The Kier molecular flexibility index (Phi) is 4.29. The molecular formula is C16H18N2O2S. The molecule has 5 heteroatoms. The molecule has 0 aliphatic carbocycles. The molecule has 110 valence electrons. The lowest BCUT2D eigenvalue weighted by atomic mass is 10.2. The molecule has 1 fully saturated rings. The van der Waals surface area contributed by atoms with Crippen molar-refractivity contribution in [1.82, 2.24) is 4.90 Å². The largest absolute Gasteiger partial charge is 0.508 e. The van der Waals surface area contributed by atoms with Crippen molar-refractivity contribution in [3.05, 3.63) is 34.7 Å². The van der Waals surface area contributed by atoms with Gasteiger partial charge in [-0.1, -0.05) is 25.0 Å². The van der Waals surface area contributed by atoms with Crippen molar-refractivity contribution in [1.29, 1.82) is 0 Å². The fourth-order valence-electron chi connectivity index (χ4n) is 2.56. The van der Waals surface area contributed by atoms with E-state index in [0.717, 1.165) is 23.8 Å². The Bertz CT molecular complexity index is 602. The van der Waals surface area contributed by atoms with Gasteiger partial charge < -0.3 is 10.0 Å². The first kappa shape index (κ1) is 14.2. The van der Waals surface area contributed by atoms with Crippen molar-refractivity contribution < 1.29 is 9.90 Å². The molecule has 0 radical (unpaired) electrons. The molecule has 0 unspecified atom stereocenters. The fraction of sp³-hybridized carbons (Fsp3) is 0.375. The molecule has 21 heavy (non-hydrogen) atoms. The van der Waals surface area contributed by atoms with E-state index < -0.39 is 0 Å². The molecule has 0 saturated carbocycles. The van der Waals surface area contributed by atoms with Gasteiger partial charge in [-0.2, -0.15) is 4.99 Å². The highest BCUT2D eigenvalue weighted by Crippen LogP contribution is 2.31. The number of hydrogen-bond acceptors (Lipinski definition) is 4. The lowest BCUT2D eigenvalue weighted by Gasteiger charge is -2.20. The Balaban J connectivity index is 1.75. The lowest BCUT2D eigenvalue weighted by Crippen LogP contribution is -2.28. The van der Waals surface area contributed by atoms with Crippen LogP contribution >= 0.6 is 11.8 Å². The topological polar surface area (TPSA) is 52.9 Å². The second-order valence-corrected chi connectivity index (χ2v) is 6.32. The molecule has 2 heterocycles. The molecule has 0 atom stereocenters. The first-order valence-electron chi connectivity index (χ1n) is 7.29. The number of amidine groups is 1. The Labute approximate surface area is 128 Å². The van der Waals surface area contributed by atoms with Gasteiger partial charge in [-0.25, -0.2) is 0 Å². The standard InChI is InChI=1S/C16H18N2O2S/c19-13-7-5-6-12(10-13)11-14-15(20)17-16(21-14)18-8-3-1-2-4-9-18/h5-7,10-11,19H,1-4,8-9H2/b14-11+. The first-order valence-corrected chi connectivity index (χ1v) is 8.10. The number of likely N-dealkylation sites (tertiary alicyclic amines) is 1. The molecule has 0 aromatic heterocycles. The van der Waals surface area contributed by atoms with E-state index in [1.165, 1.54) is 37.4 Å². The summed E-state index contributed by atoms with van der Waals surface area (Å²) in [4.78, 5) is 19.1. The maximum absolute atomic E-state index is 12.0. The third kappa shape index (κ3) is 3.47. The van der Waals surface area contributed by atoms with Crippen molar-refractivity contribution in [2.45, 2.75) is 25.7 Å². The summed E-state index contributed by atoms with van der Waals surface area (Å²) in [6.45, 7) is 1.97. The summed E-state index contributed by atoms with van der Waals surface area (Å²) < 4.78 is 0. The van der Waals surface area contributed by atoms with Crippen LogP contribution in [-0.2, 0) is 4.79 Å². The summed E-state index contributed by atoms with van der Waals surface area (Å²) in [5.41, 5.74) is 0.818. The van der Waals surface area contributed by atoms with E-state index in [2.05, 4.69) is 9.89 Å². The van der Waals surface area contributed by atoms with Crippen LogP contribution in [0.25, 0.3) is 6.08 Å². The van der Waals surface area contributed by atoms with Gasteiger partial charge in [-0.3, -0.25) is 4.79 Å². The van der Waals surface area contributed by atoms with Crippen molar-refractivity contribution in [2.75, 3.05) is 13.1 Å². The van der Waals surface area contributed by atoms with Gasteiger partial charge >= 0.3 is 0 Å². The molecule has 1 aromatic carbocycles. The number of carbonyl (C=O) groups is 1. The van der Waals surface area contributed by atoms with Crippen molar-refractivity contribution in [3.63, 3.8) is 0 Å². The van der Waals surface area contributed by atoms with Gasteiger partial charge in [0.05, 0.1) is 4.91 Å². The average Bonchev–Trinajstić information content (AvgIpc) is 2.68. The van der Waals surface area contributed by atoms with Crippen LogP contribution in [0.15, 0.2) is 34.2 Å². The van der Waals surface area contributed by atoms with Crippen LogP contribution in [0, 0.1) is 0 Å². The van der Waals surface area contributed by atoms with E-state index in [9.17, 15) is 9.90 Å². The molecule has 0 spiro atoms. The number of thioether (sulfide) groups is 1. The highest BCUT2D eigenvalue weighted by Gasteiger charge is 2.26. The van der Waals surface area contributed by atoms with Crippen molar-refractivity contribution in [3.8, 4) is 5.75 Å². The summed E-state index contributed by atoms with van der Waals surface area (Å²) in [7, 11) is 0. The number of benzene rings is 1. The summed E-state index contributed by atoms with van der Waals surface area (Å²) >= 11 is 1.44. The SMILES string of the molecule is O=C1N=C(N2CCCCCC2)S/C1=C/c1cccc(O)c1. The van der Waals surface area contributed by atoms with Gasteiger partial charge in [0.1, 0.15) is 5.75 Å². The summed E-state index contributed by atoms with van der Waals surface area (Å²) in [5.74, 6) is 0.0241. The second-order valence-electron chi connectivity index (χ2n) is 5.31. The predicted octanol–water partition coefficient (Wildman–Crippen LogP) is 3.24. The minimum Gasteiger partial charge on any atom is -0.508 e. The normalized spacial score (nSPS) is 21.5. The third-order valence-corrected chi connectivity index (χ3v) is 4.70. The number of amides is 1. The van der Waals surface area contributed by atoms with Crippen LogP contribution < -0.4 is 0 Å². The zero-order valence-corrected chi connectivity index (χ0v) is 12.6. The van der Waals surface area contributed by atoms with Crippen LogP contribution in [-0.4, -0.2) is 34.2 Å². The van der Waals surface area contributed by atoms with E-state index in [4.69, 9.17) is 0 Å². The Morgan fingerprint density at radius 3 is 2.67 bits per heavy atom. The van der Waals surface area contributed by atoms with Gasteiger partial charge in [0.2, 0.25) is 0 Å². The second kappa shape index (κ2) is 6.35. The monoisotopic (exact) mass is 302 g/mol. The van der Waals surface area contributed by atoms with Crippen LogP contribution in [0.2, 0.25) is 0 Å². The van der Waals surface area contributed by atoms with Crippen molar-refractivity contribution >= 4 is 28.9 Å². The van der Waals surface area contributed by atoms with Crippen LogP contribution in [0.4, 0.5) is 0 Å². The first-order chi connectivity index (χ1) is 10.2. The number of phenolic OH excluding ortho intramolecular Hbond substituents is 1. The van der Waals surface area contributed by atoms with E-state index in [-0.39, 0.29) is 11.7 Å². The smallest absolute Gasteiger partial charge is 0.286 e. The van der Waals surface area contributed by atoms with Gasteiger partial charge in [-0.05, 0) is 48.4 Å². The molecule has 1 amide bonds. The van der Waals surface area contributed by atoms with Gasteiger partial charge in [0, 0.05) is 13.1 Å². The molecule has 4 nitrogen and oxygen atoms in total. The molecule has 1 aromatic rings. The van der Waals surface area contributed by atoms with Crippen LogP contribution in [0.5, 0.6) is 5.75 Å². The van der Waals surface area contributed by atoms with E-state index >= 15 is 0 Å². The summed E-state index contributed by atoms with van der Waals surface area (Å²) in [5, 5.41) is 10.3. The molecule has 3 rings (SSSR count). The number of hydrogen-bond donors (Lipinski definition) is 1. The summed E-state index contributed by atoms with van der Waals surface area (Å²) in [6, 6.07) is 6.89.